The summed E-state index contributed by atoms with van der Waals surface area (Å²) in [7, 11) is 0. The van der Waals surface area contributed by atoms with Gasteiger partial charge in [0, 0.05) is 19.6 Å². The molecule has 0 spiro atoms. The lowest BCUT2D eigenvalue weighted by atomic mass is 10.2. The van der Waals surface area contributed by atoms with Gasteiger partial charge < -0.3 is 24.8 Å². The number of nitrogens with zero attached hydrogens (tertiary/aromatic N) is 2. The van der Waals surface area contributed by atoms with Crippen LogP contribution in [0.2, 0.25) is 0 Å². The third-order valence-corrected chi connectivity index (χ3v) is 4.47. The Morgan fingerprint density at radius 3 is 2.71 bits per heavy atom. The number of aliphatic hydroxyl groups is 1. The number of rotatable bonds is 7. The van der Waals surface area contributed by atoms with Crippen molar-refractivity contribution in [3.63, 3.8) is 0 Å². The number of anilines is 2. The standard InChI is InChI=1S/C20H23F3N4O4/c21-20(22,23)14-2-1-3-17(10-14)31-13-16(28)12-25-19(29)26-18-5-4-15(11-24-18)27-6-8-30-9-7-27/h1-5,10-11,16,28H,6-9,12-13H2,(H2,24,25,26,29)/t16-/m1/s1. The molecule has 1 fully saturated rings. The molecule has 8 nitrogen and oxygen atoms in total. The van der Waals surface area contributed by atoms with Gasteiger partial charge in [-0.3, -0.25) is 5.32 Å². The molecule has 0 bridgehead atoms. The lowest BCUT2D eigenvalue weighted by molar-refractivity contribution is -0.137. The minimum Gasteiger partial charge on any atom is -0.491 e. The van der Waals surface area contributed by atoms with Crippen LogP contribution in [0.4, 0.5) is 29.5 Å². The van der Waals surface area contributed by atoms with Crippen molar-refractivity contribution in [2.24, 2.45) is 0 Å². The summed E-state index contributed by atoms with van der Waals surface area (Å²) in [6.07, 6.45) is -3.94. The maximum atomic E-state index is 12.7. The number of nitrogens with one attached hydrogen (secondary N) is 2. The molecule has 11 heteroatoms. The van der Waals surface area contributed by atoms with E-state index in [2.05, 4.69) is 20.5 Å². The van der Waals surface area contributed by atoms with E-state index in [0.717, 1.165) is 30.9 Å². The second-order valence-electron chi connectivity index (χ2n) is 6.83. The number of aromatic nitrogens is 1. The number of aliphatic hydroxyl groups excluding tert-OH is 1. The number of amides is 2. The molecule has 2 amide bonds. The molecule has 1 aromatic heterocycles. The number of benzene rings is 1. The van der Waals surface area contributed by atoms with Gasteiger partial charge in [0.2, 0.25) is 0 Å². The number of carbonyl (C=O) groups is 1. The Hall–Kier alpha value is -3.05. The average molecular weight is 440 g/mol. The molecule has 0 aliphatic carbocycles. The van der Waals surface area contributed by atoms with Crippen molar-refractivity contribution in [2.45, 2.75) is 12.3 Å². The van der Waals surface area contributed by atoms with E-state index in [1.54, 1.807) is 12.3 Å². The zero-order valence-corrected chi connectivity index (χ0v) is 16.6. The fraction of sp³-hybridized carbons (Fsp3) is 0.400. The average Bonchev–Trinajstić information content (AvgIpc) is 2.77. The SMILES string of the molecule is O=C(NC[C@@H](O)COc1cccc(C(F)(F)F)c1)Nc1ccc(N2CCOCC2)cn1. The van der Waals surface area contributed by atoms with Crippen molar-refractivity contribution in [3.8, 4) is 5.75 Å². The largest absolute Gasteiger partial charge is 0.491 e. The monoisotopic (exact) mass is 440 g/mol. The molecule has 31 heavy (non-hydrogen) atoms. The van der Waals surface area contributed by atoms with Gasteiger partial charge in [-0.2, -0.15) is 13.2 Å². The minimum absolute atomic E-state index is 0.0251. The molecule has 1 aliphatic heterocycles. The highest BCUT2D eigenvalue weighted by atomic mass is 19.4. The third kappa shape index (κ3) is 7.00. The molecule has 1 saturated heterocycles. The highest BCUT2D eigenvalue weighted by Gasteiger charge is 2.30. The van der Waals surface area contributed by atoms with Crippen molar-refractivity contribution in [3.05, 3.63) is 48.2 Å². The zero-order chi connectivity index (χ0) is 22.3. The van der Waals surface area contributed by atoms with Gasteiger partial charge in [0.25, 0.3) is 0 Å². The van der Waals surface area contributed by atoms with Crippen molar-refractivity contribution in [2.75, 3.05) is 49.7 Å². The summed E-state index contributed by atoms with van der Waals surface area (Å²) < 4.78 is 48.6. The first-order chi connectivity index (χ1) is 14.8. The highest BCUT2D eigenvalue weighted by Crippen LogP contribution is 2.31. The molecular weight excluding hydrogens is 417 g/mol. The molecule has 1 atom stereocenters. The van der Waals surface area contributed by atoms with Gasteiger partial charge in [-0.15, -0.1) is 0 Å². The molecule has 168 valence electrons. The summed E-state index contributed by atoms with van der Waals surface area (Å²) >= 11 is 0. The smallest absolute Gasteiger partial charge is 0.416 e. The van der Waals surface area contributed by atoms with E-state index in [9.17, 15) is 23.1 Å². The molecule has 2 aromatic rings. The van der Waals surface area contributed by atoms with Crippen LogP contribution in [0.5, 0.6) is 5.75 Å². The number of hydrogen-bond acceptors (Lipinski definition) is 6. The Labute approximate surface area is 177 Å². The molecular formula is C20H23F3N4O4. The number of hydrogen-bond donors (Lipinski definition) is 3. The van der Waals surface area contributed by atoms with E-state index in [1.165, 1.54) is 12.1 Å². The Morgan fingerprint density at radius 1 is 1.26 bits per heavy atom. The fourth-order valence-electron chi connectivity index (χ4n) is 2.85. The van der Waals surface area contributed by atoms with E-state index in [4.69, 9.17) is 9.47 Å². The molecule has 2 heterocycles. The predicted molar refractivity (Wildman–Crippen MR) is 107 cm³/mol. The Morgan fingerprint density at radius 2 is 2.03 bits per heavy atom. The van der Waals surface area contributed by atoms with Crippen LogP contribution in [0, 0.1) is 0 Å². The predicted octanol–water partition coefficient (Wildman–Crippen LogP) is 2.50. The fourth-order valence-corrected chi connectivity index (χ4v) is 2.85. The maximum Gasteiger partial charge on any atom is 0.416 e. The number of alkyl halides is 3. The summed E-state index contributed by atoms with van der Waals surface area (Å²) in [6.45, 7) is 2.42. The Balaban J connectivity index is 1.40. The summed E-state index contributed by atoms with van der Waals surface area (Å²) in [4.78, 5) is 18.3. The van der Waals surface area contributed by atoms with Gasteiger partial charge in [0.05, 0.1) is 30.7 Å². The third-order valence-electron chi connectivity index (χ3n) is 4.47. The van der Waals surface area contributed by atoms with E-state index < -0.39 is 23.9 Å². The first-order valence-electron chi connectivity index (χ1n) is 9.63. The second kappa shape index (κ2) is 10.3. The molecule has 3 N–H and O–H groups in total. The summed E-state index contributed by atoms with van der Waals surface area (Å²) in [6, 6.07) is 7.27. The zero-order valence-electron chi connectivity index (χ0n) is 16.6. The number of pyridine rings is 1. The van der Waals surface area contributed by atoms with Crippen LogP contribution >= 0.6 is 0 Å². The van der Waals surface area contributed by atoms with Gasteiger partial charge in [0.1, 0.15) is 24.3 Å². The van der Waals surface area contributed by atoms with Crippen LogP contribution in [-0.2, 0) is 10.9 Å². The second-order valence-corrected chi connectivity index (χ2v) is 6.83. The molecule has 0 saturated carbocycles. The number of urea groups is 1. The topological polar surface area (TPSA) is 96.0 Å². The van der Waals surface area contributed by atoms with Crippen LogP contribution in [0.25, 0.3) is 0 Å². The number of halogens is 3. The van der Waals surface area contributed by atoms with E-state index in [1.807, 2.05) is 6.07 Å². The summed E-state index contributed by atoms with van der Waals surface area (Å²) in [5, 5.41) is 14.9. The van der Waals surface area contributed by atoms with Crippen LogP contribution in [0.1, 0.15) is 5.56 Å². The van der Waals surface area contributed by atoms with Crippen LogP contribution in [0.3, 0.4) is 0 Å². The first-order valence-corrected chi connectivity index (χ1v) is 9.63. The van der Waals surface area contributed by atoms with Crippen LogP contribution < -0.4 is 20.3 Å². The van der Waals surface area contributed by atoms with E-state index >= 15 is 0 Å². The summed E-state index contributed by atoms with van der Waals surface area (Å²) in [5.41, 5.74) is 0.0838. The van der Waals surface area contributed by atoms with E-state index in [-0.39, 0.29) is 18.9 Å². The van der Waals surface area contributed by atoms with Gasteiger partial charge in [-0.25, -0.2) is 9.78 Å². The normalized spacial score (nSPS) is 15.3. The summed E-state index contributed by atoms with van der Waals surface area (Å²) in [5.74, 6) is 0.312. The highest BCUT2D eigenvalue weighted by molar-refractivity contribution is 5.88. The van der Waals surface area contributed by atoms with Gasteiger partial charge >= 0.3 is 12.2 Å². The Bertz CT molecular complexity index is 858. The first kappa shape index (κ1) is 22.6. The quantitative estimate of drug-likeness (QED) is 0.612. The molecule has 1 aromatic carbocycles. The molecule has 0 unspecified atom stereocenters. The lowest BCUT2D eigenvalue weighted by Gasteiger charge is -2.28. The molecule has 1 aliphatic rings. The Kier molecular flexibility index (Phi) is 7.53. The van der Waals surface area contributed by atoms with Gasteiger partial charge in [-0.1, -0.05) is 6.07 Å². The van der Waals surface area contributed by atoms with Crippen molar-refractivity contribution < 1.29 is 32.5 Å². The molecule has 3 rings (SSSR count). The number of carbonyl (C=O) groups excluding carboxylic acids is 1. The lowest BCUT2D eigenvalue weighted by Crippen LogP contribution is -2.38. The van der Waals surface area contributed by atoms with E-state index in [0.29, 0.717) is 19.0 Å². The maximum absolute atomic E-state index is 12.7. The van der Waals surface area contributed by atoms with Crippen molar-refractivity contribution >= 4 is 17.5 Å². The number of morpholine rings is 1. The van der Waals surface area contributed by atoms with Crippen LogP contribution in [-0.4, -0.2) is 61.7 Å². The number of ether oxygens (including phenoxy) is 2. The molecule has 0 radical (unpaired) electrons. The van der Waals surface area contributed by atoms with Crippen molar-refractivity contribution in [1.29, 1.82) is 0 Å². The van der Waals surface area contributed by atoms with Crippen molar-refractivity contribution in [1.82, 2.24) is 10.3 Å². The van der Waals surface area contributed by atoms with Gasteiger partial charge in [-0.05, 0) is 30.3 Å². The van der Waals surface area contributed by atoms with Gasteiger partial charge in [0.15, 0.2) is 0 Å². The van der Waals surface area contributed by atoms with Crippen LogP contribution in [0.15, 0.2) is 42.6 Å². The minimum atomic E-state index is -4.48.